The fourth-order valence-electron chi connectivity index (χ4n) is 2.20. The lowest BCUT2D eigenvalue weighted by atomic mass is 9.87. The predicted octanol–water partition coefficient (Wildman–Crippen LogP) is 1.52. The van der Waals surface area contributed by atoms with Gasteiger partial charge in [0.05, 0.1) is 0 Å². The van der Waals surface area contributed by atoms with Crippen LogP contribution in [0.1, 0.15) is 17.5 Å². The minimum atomic E-state index is -0.00634. The van der Waals surface area contributed by atoms with Crippen LogP contribution in [0.5, 0.6) is 11.5 Å². The standard InChI is InChI=1S/C12H17NO2/c1-13(2)10-4-3-8-6-11(14)12(15)7-9(8)5-10/h6-7,10,14-15H,3-5H2,1-2H3/t10-/m1/s1. The molecule has 1 aliphatic rings. The molecule has 0 bridgehead atoms. The van der Waals surface area contributed by atoms with Crippen molar-refractivity contribution in [1.82, 2.24) is 4.90 Å². The first-order valence-corrected chi connectivity index (χ1v) is 5.28. The van der Waals surface area contributed by atoms with Crippen molar-refractivity contribution in [2.75, 3.05) is 14.1 Å². The van der Waals surface area contributed by atoms with Gasteiger partial charge in [0, 0.05) is 6.04 Å². The second-order valence-corrected chi connectivity index (χ2v) is 4.47. The molecule has 0 spiro atoms. The van der Waals surface area contributed by atoms with Crippen molar-refractivity contribution in [2.24, 2.45) is 0 Å². The Bertz CT molecular complexity index is 374. The van der Waals surface area contributed by atoms with Crippen LogP contribution >= 0.6 is 0 Å². The summed E-state index contributed by atoms with van der Waals surface area (Å²) >= 11 is 0. The fraction of sp³-hybridized carbons (Fsp3) is 0.500. The van der Waals surface area contributed by atoms with Crippen molar-refractivity contribution < 1.29 is 10.2 Å². The molecule has 1 aromatic rings. The molecule has 15 heavy (non-hydrogen) atoms. The molecule has 0 aromatic heterocycles. The smallest absolute Gasteiger partial charge is 0.157 e. The van der Waals surface area contributed by atoms with Gasteiger partial charge in [-0.1, -0.05) is 0 Å². The predicted molar refractivity (Wildman–Crippen MR) is 59.3 cm³/mol. The van der Waals surface area contributed by atoms with E-state index in [-0.39, 0.29) is 11.5 Å². The van der Waals surface area contributed by atoms with E-state index in [2.05, 4.69) is 19.0 Å². The third-order valence-electron chi connectivity index (χ3n) is 3.23. The Morgan fingerprint density at radius 1 is 1.13 bits per heavy atom. The molecule has 0 fully saturated rings. The Balaban J connectivity index is 2.30. The second kappa shape index (κ2) is 3.74. The number of phenols is 2. The minimum absolute atomic E-state index is 0.00273. The van der Waals surface area contributed by atoms with E-state index in [9.17, 15) is 10.2 Å². The van der Waals surface area contributed by atoms with Crippen molar-refractivity contribution in [3.05, 3.63) is 23.3 Å². The minimum Gasteiger partial charge on any atom is -0.504 e. The summed E-state index contributed by atoms with van der Waals surface area (Å²) in [6.07, 6.45) is 3.05. The van der Waals surface area contributed by atoms with E-state index in [1.54, 1.807) is 12.1 Å². The van der Waals surface area contributed by atoms with Crippen molar-refractivity contribution in [2.45, 2.75) is 25.3 Å². The van der Waals surface area contributed by atoms with Gasteiger partial charge >= 0.3 is 0 Å². The zero-order valence-corrected chi connectivity index (χ0v) is 9.20. The number of benzene rings is 1. The van der Waals surface area contributed by atoms with Gasteiger partial charge < -0.3 is 15.1 Å². The number of likely N-dealkylation sites (N-methyl/N-ethyl adjacent to an activating group) is 1. The van der Waals surface area contributed by atoms with E-state index < -0.39 is 0 Å². The van der Waals surface area contributed by atoms with Gasteiger partial charge in [0.1, 0.15) is 0 Å². The number of phenolic OH excluding ortho intramolecular Hbond substituents is 2. The first kappa shape index (κ1) is 10.3. The fourth-order valence-corrected chi connectivity index (χ4v) is 2.20. The zero-order valence-electron chi connectivity index (χ0n) is 9.20. The normalized spacial score (nSPS) is 20.3. The topological polar surface area (TPSA) is 43.7 Å². The SMILES string of the molecule is CN(C)[C@@H]1CCc2cc(O)c(O)cc2C1. The van der Waals surface area contributed by atoms with E-state index in [4.69, 9.17) is 0 Å². The van der Waals surface area contributed by atoms with Gasteiger partial charge in [-0.2, -0.15) is 0 Å². The summed E-state index contributed by atoms with van der Waals surface area (Å²) < 4.78 is 0. The Morgan fingerprint density at radius 2 is 1.73 bits per heavy atom. The van der Waals surface area contributed by atoms with Crippen LogP contribution in [0.4, 0.5) is 0 Å². The van der Waals surface area contributed by atoms with Gasteiger partial charge in [-0.15, -0.1) is 0 Å². The molecule has 0 heterocycles. The first-order chi connectivity index (χ1) is 7.08. The van der Waals surface area contributed by atoms with Crippen LogP contribution in [0.2, 0.25) is 0 Å². The molecule has 1 aliphatic carbocycles. The summed E-state index contributed by atoms with van der Waals surface area (Å²) in [5.41, 5.74) is 2.33. The number of hydrogen-bond acceptors (Lipinski definition) is 3. The highest BCUT2D eigenvalue weighted by Crippen LogP contribution is 2.33. The number of fused-ring (bicyclic) bond motifs is 1. The van der Waals surface area contributed by atoms with Crippen LogP contribution in [-0.2, 0) is 12.8 Å². The van der Waals surface area contributed by atoms with Crippen LogP contribution in [0, 0.1) is 0 Å². The summed E-state index contributed by atoms with van der Waals surface area (Å²) in [6.45, 7) is 0. The lowest BCUT2D eigenvalue weighted by Crippen LogP contribution is -2.33. The summed E-state index contributed by atoms with van der Waals surface area (Å²) in [6, 6.07) is 3.93. The lowest BCUT2D eigenvalue weighted by Gasteiger charge is -2.29. The summed E-state index contributed by atoms with van der Waals surface area (Å²) in [7, 11) is 4.16. The number of aryl methyl sites for hydroxylation is 1. The first-order valence-electron chi connectivity index (χ1n) is 5.28. The maximum absolute atomic E-state index is 9.44. The highest BCUT2D eigenvalue weighted by Gasteiger charge is 2.21. The summed E-state index contributed by atoms with van der Waals surface area (Å²) in [5.74, 6) is -0.00907. The number of rotatable bonds is 1. The van der Waals surface area contributed by atoms with Crippen molar-refractivity contribution in [3.63, 3.8) is 0 Å². The molecule has 0 saturated heterocycles. The second-order valence-electron chi connectivity index (χ2n) is 4.47. The van der Waals surface area contributed by atoms with Gasteiger partial charge in [-0.05, 0) is 56.6 Å². The third-order valence-corrected chi connectivity index (χ3v) is 3.23. The number of nitrogens with zero attached hydrogens (tertiary/aromatic N) is 1. The van der Waals surface area contributed by atoms with Crippen LogP contribution in [0.25, 0.3) is 0 Å². The Kier molecular flexibility index (Phi) is 2.57. The molecule has 0 amide bonds. The molecular formula is C12H17NO2. The maximum Gasteiger partial charge on any atom is 0.157 e. The molecular weight excluding hydrogens is 190 g/mol. The van der Waals surface area contributed by atoms with Crippen LogP contribution in [0.15, 0.2) is 12.1 Å². The van der Waals surface area contributed by atoms with Gasteiger partial charge in [0.2, 0.25) is 0 Å². The molecule has 3 heteroatoms. The Labute approximate surface area is 90.0 Å². The van der Waals surface area contributed by atoms with E-state index in [0.29, 0.717) is 6.04 Å². The molecule has 2 N–H and O–H groups in total. The van der Waals surface area contributed by atoms with Crippen molar-refractivity contribution in [1.29, 1.82) is 0 Å². The van der Waals surface area contributed by atoms with Crippen LogP contribution < -0.4 is 0 Å². The van der Waals surface area contributed by atoms with Crippen LogP contribution in [0.3, 0.4) is 0 Å². The van der Waals surface area contributed by atoms with Crippen LogP contribution in [-0.4, -0.2) is 35.3 Å². The molecule has 0 aliphatic heterocycles. The quantitative estimate of drug-likeness (QED) is 0.686. The van der Waals surface area contributed by atoms with Gasteiger partial charge in [-0.3, -0.25) is 0 Å². The number of hydrogen-bond donors (Lipinski definition) is 2. The Morgan fingerprint density at radius 3 is 2.33 bits per heavy atom. The largest absolute Gasteiger partial charge is 0.504 e. The lowest BCUT2D eigenvalue weighted by molar-refractivity contribution is 0.267. The summed E-state index contributed by atoms with van der Waals surface area (Å²) in [5, 5.41) is 18.8. The van der Waals surface area contributed by atoms with Crippen molar-refractivity contribution >= 4 is 0 Å². The molecule has 82 valence electrons. The maximum atomic E-state index is 9.44. The van der Waals surface area contributed by atoms with E-state index >= 15 is 0 Å². The van der Waals surface area contributed by atoms with E-state index in [1.807, 2.05) is 0 Å². The Hall–Kier alpha value is -1.22. The summed E-state index contributed by atoms with van der Waals surface area (Å²) in [4.78, 5) is 2.22. The van der Waals surface area contributed by atoms with E-state index in [0.717, 1.165) is 24.8 Å². The van der Waals surface area contributed by atoms with Gasteiger partial charge in [0.15, 0.2) is 11.5 Å². The highest BCUT2D eigenvalue weighted by atomic mass is 16.3. The average molecular weight is 207 g/mol. The molecule has 3 nitrogen and oxygen atoms in total. The molecule has 0 radical (unpaired) electrons. The number of aromatic hydroxyl groups is 2. The third kappa shape index (κ3) is 1.92. The molecule has 0 saturated carbocycles. The molecule has 2 rings (SSSR count). The molecule has 1 aromatic carbocycles. The highest BCUT2D eigenvalue weighted by molar-refractivity contribution is 5.46. The molecule has 0 unspecified atom stereocenters. The van der Waals surface area contributed by atoms with E-state index in [1.165, 1.54) is 5.56 Å². The molecule has 1 atom stereocenters. The van der Waals surface area contributed by atoms with Crippen molar-refractivity contribution in [3.8, 4) is 11.5 Å². The average Bonchev–Trinajstić information content (AvgIpc) is 2.19. The zero-order chi connectivity index (χ0) is 11.0. The van der Waals surface area contributed by atoms with Gasteiger partial charge in [0.25, 0.3) is 0 Å². The monoisotopic (exact) mass is 207 g/mol. The van der Waals surface area contributed by atoms with Gasteiger partial charge in [-0.25, -0.2) is 0 Å².